The average molecular weight is 500 g/mol. The summed E-state index contributed by atoms with van der Waals surface area (Å²) in [5, 5.41) is 11.9. The number of aromatic nitrogens is 1. The first-order chi connectivity index (χ1) is 13.2. The molecule has 7 nitrogen and oxygen atoms in total. The zero-order valence-electron chi connectivity index (χ0n) is 15.6. The van der Waals surface area contributed by atoms with Crippen LogP contribution in [0.1, 0.15) is 22.3 Å². The minimum atomic E-state index is -0.530. The molecule has 0 saturated heterocycles. The van der Waals surface area contributed by atoms with Gasteiger partial charge in [-0.2, -0.15) is 0 Å². The molecular formula is C19H22FIN4O3. The smallest absolute Gasteiger partial charge is 0.263 e. The lowest BCUT2D eigenvalue weighted by atomic mass is 10.1. The highest BCUT2D eigenvalue weighted by Gasteiger charge is 2.25. The van der Waals surface area contributed by atoms with Crippen LogP contribution in [-0.4, -0.2) is 33.6 Å². The molecule has 1 heterocycles. The van der Waals surface area contributed by atoms with Gasteiger partial charge in [0.1, 0.15) is 17.2 Å². The van der Waals surface area contributed by atoms with E-state index in [4.69, 9.17) is 10.8 Å². The van der Waals surface area contributed by atoms with Crippen molar-refractivity contribution in [1.82, 2.24) is 9.47 Å². The van der Waals surface area contributed by atoms with Gasteiger partial charge in [0.15, 0.2) is 0 Å². The van der Waals surface area contributed by atoms with E-state index in [9.17, 15) is 14.0 Å². The largest absolute Gasteiger partial charge is 0.398 e. The molecule has 0 aliphatic rings. The van der Waals surface area contributed by atoms with Crippen LogP contribution in [0.4, 0.5) is 21.6 Å². The van der Waals surface area contributed by atoms with Crippen LogP contribution in [0.3, 0.4) is 0 Å². The fourth-order valence-electron chi connectivity index (χ4n) is 2.69. The van der Waals surface area contributed by atoms with Gasteiger partial charge in [-0.3, -0.25) is 14.2 Å². The molecule has 28 heavy (non-hydrogen) atoms. The number of nitrogens with two attached hydrogens (primary N) is 1. The third-order valence-corrected chi connectivity index (χ3v) is 4.98. The molecule has 2 rings (SSSR count). The van der Waals surface area contributed by atoms with Crippen molar-refractivity contribution in [3.63, 3.8) is 0 Å². The number of halogens is 2. The number of nitrogens with zero attached hydrogens (tertiary/aromatic N) is 2. The van der Waals surface area contributed by atoms with Crippen LogP contribution in [-0.2, 0) is 7.05 Å². The molecule has 0 aliphatic carbocycles. The number of nitrogens with one attached hydrogen (secondary N) is 1. The number of benzene rings is 1. The maximum Gasteiger partial charge on any atom is 0.263 e. The molecule has 150 valence electrons. The molecule has 0 aliphatic heterocycles. The molecule has 1 aromatic heterocycles. The number of aliphatic hydroxyl groups excluding tert-OH is 1. The Bertz CT molecular complexity index is 975. The summed E-state index contributed by atoms with van der Waals surface area (Å²) < 4.78 is 16.3. The van der Waals surface area contributed by atoms with Gasteiger partial charge in [0.2, 0.25) is 0 Å². The summed E-state index contributed by atoms with van der Waals surface area (Å²) in [6, 6.07) is 4.54. The fourth-order valence-corrected chi connectivity index (χ4v) is 3.15. The summed E-state index contributed by atoms with van der Waals surface area (Å²) >= 11 is 1.98. The van der Waals surface area contributed by atoms with Crippen molar-refractivity contribution in [3.05, 3.63) is 61.8 Å². The van der Waals surface area contributed by atoms with E-state index in [-0.39, 0.29) is 41.5 Å². The molecule has 0 spiro atoms. The SMILES string of the molecule is C=CN(CCCO)C(=O)c1c(N)c(C)c(=O)n(C)c1Nc1ccc(I)cc1F. The second-order valence-electron chi connectivity index (χ2n) is 6.13. The number of hydrogen-bond acceptors (Lipinski definition) is 5. The molecule has 0 atom stereocenters. The Kier molecular flexibility index (Phi) is 7.19. The lowest BCUT2D eigenvalue weighted by Crippen LogP contribution is -2.33. The third-order valence-electron chi connectivity index (χ3n) is 4.31. The van der Waals surface area contributed by atoms with Gasteiger partial charge in [-0.15, -0.1) is 0 Å². The molecule has 2 aromatic rings. The van der Waals surface area contributed by atoms with Crippen LogP contribution in [0.2, 0.25) is 0 Å². The molecule has 0 fully saturated rings. The van der Waals surface area contributed by atoms with E-state index in [2.05, 4.69) is 11.9 Å². The highest BCUT2D eigenvalue weighted by atomic mass is 127. The predicted molar refractivity (Wildman–Crippen MR) is 116 cm³/mol. The monoisotopic (exact) mass is 500 g/mol. The molecule has 0 unspecified atom stereocenters. The van der Waals surface area contributed by atoms with Crippen molar-refractivity contribution in [2.45, 2.75) is 13.3 Å². The van der Waals surface area contributed by atoms with E-state index in [0.29, 0.717) is 9.99 Å². The molecule has 0 saturated carbocycles. The normalized spacial score (nSPS) is 10.6. The van der Waals surface area contributed by atoms with E-state index in [1.54, 1.807) is 6.07 Å². The van der Waals surface area contributed by atoms with Gasteiger partial charge in [0.25, 0.3) is 11.5 Å². The molecule has 1 aromatic carbocycles. The Morgan fingerprint density at radius 3 is 2.75 bits per heavy atom. The topological polar surface area (TPSA) is 101 Å². The second-order valence-corrected chi connectivity index (χ2v) is 7.38. The summed E-state index contributed by atoms with van der Waals surface area (Å²) in [5.74, 6) is -0.958. The van der Waals surface area contributed by atoms with Crippen LogP contribution in [0.25, 0.3) is 0 Å². The number of nitrogen functional groups attached to an aromatic ring is 1. The first kappa shape index (κ1) is 21.9. The minimum absolute atomic E-state index is 0.0115. The summed E-state index contributed by atoms with van der Waals surface area (Å²) in [4.78, 5) is 26.9. The number of anilines is 3. The molecular weight excluding hydrogens is 478 g/mol. The molecule has 4 N–H and O–H groups in total. The van der Waals surface area contributed by atoms with Crippen LogP contribution in [0.15, 0.2) is 35.8 Å². The van der Waals surface area contributed by atoms with Crippen molar-refractivity contribution >= 4 is 45.7 Å². The van der Waals surface area contributed by atoms with Gasteiger partial charge in [0, 0.05) is 29.3 Å². The third kappa shape index (κ3) is 4.36. The van der Waals surface area contributed by atoms with Gasteiger partial charge in [-0.25, -0.2) is 4.39 Å². The number of amides is 1. The van der Waals surface area contributed by atoms with Crippen LogP contribution < -0.4 is 16.6 Å². The lowest BCUT2D eigenvalue weighted by Gasteiger charge is -2.23. The summed E-state index contributed by atoms with van der Waals surface area (Å²) in [6.45, 7) is 5.27. The predicted octanol–water partition coefficient (Wildman–Crippen LogP) is 2.73. The Balaban J connectivity index is 2.65. The minimum Gasteiger partial charge on any atom is -0.398 e. The molecule has 0 radical (unpaired) electrons. The first-order valence-corrected chi connectivity index (χ1v) is 9.56. The number of hydrogen-bond donors (Lipinski definition) is 3. The lowest BCUT2D eigenvalue weighted by molar-refractivity contribution is 0.0816. The van der Waals surface area contributed by atoms with E-state index in [0.717, 1.165) is 0 Å². The second kappa shape index (κ2) is 9.20. The number of rotatable bonds is 7. The highest BCUT2D eigenvalue weighted by Crippen LogP contribution is 2.29. The van der Waals surface area contributed by atoms with E-state index in [1.807, 2.05) is 22.6 Å². The van der Waals surface area contributed by atoms with E-state index < -0.39 is 17.3 Å². The van der Waals surface area contributed by atoms with Crippen molar-refractivity contribution in [2.24, 2.45) is 7.05 Å². The van der Waals surface area contributed by atoms with Crippen molar-refractivity contribution < 1.29 is 14.3 Å². The maximum atomic E-state index is 14.3. The van der Waals surface area contributed by atoms with E-state index >= 15 is 0 Å². The van der Waals surface area contributed by atoms with E-state index in [1.165, 1.54) is 41.8 Å². The van der Waals surface area contributed by atoms with Crippen LogP contribution in [0.5, 0.6) is 0 Å². The Morgan fingerprint density at radius 1 is 1.50 bits per heavy atom. The average Bonchev–Trinajstić information content (AvgIpc) is 2.66. The van der Waals surface area contributed by atoms with Crippen molar-refractivity contribution in [3.8, 4) is 0 Å². The fraction of sp³-hybridized carbons (Fsp3) is 0.263. The summed E-state index contributed by atoms with van der Waals surface area (Å²) in [5.41, 5.74) is 6.08. The first-order valence-electron chi connectivity index (χ1n) is 8.48. The summed E-state index contributed by atoms with van der Waals surface area (Å²) in [6.07, 6.45) is 1.67. The van der Waals surface area contributed by atoms with Crippen molar-refractivity contribution in [2.75, 3.05) is 24.2 Å². The molecule has 1 amide bonds. The van der Waals surface area contributed by atoms with Gasteiger partial charge in [-0.1, -0.05) is 6.58 Å². The molecule has 0 bridgehead atoms. The quantitative estimate of drug-likeness (QED) is 0.508. The number of aliphatic hydroxyl groups is 1. The number of pyridine rings is 1. The van der Waals surface area contributed by atoms with Crippen LogP contribution in [0, 0.1) is 16.3 Å². The zero-order valence-corrected chi connectivity index (χ0v) is 17.8. The maximum absolute atomic E-state index is 14.3. The molecule has 9 heteroatoms. The zero-order chi connectivity index (χ0) is 21.0. The Morgan fingerprint density at radius 2 is 2.18 bits per heavy atom. The summed E-state index contributed by atoms with van der Waals surface area (Å²) in [7, 11) is 1.48. The van der Waals surface area contributed by atoms with Gasteiger partial charge >= 0.3 is 0 Å². The standard InChI is InChI=1S/C19H22FIN4O3/c1-4-25(8-5-9-26)19(28)15-16(22)11(2)18(27)24(3)17(15)23-14-7-6-12(21)10-13(14)20/h4,6-7,10,23,26H,1,5,8-9,22H2,2-3H3. The van der Waals surface area contributed by atoms with Gasteiger partial charge in [-0.05, 0) is 60.3 Å². The van der Waals surface area contributed by atoms with Crippen LogP contribution >= 0.6 is 22.6 Å². The highest BCUT2D eigenvalue weighted by molar-refractivity contribution is 14.1. The number of carbonyl (C=O) groups is 1. The Hall–Kier alpha value is -2.40. The van der Waals surface area contributed by atoms with Gasteiger partial charge in [0.05, 0.1) is 11.4 Å². The van der Waals surface area contributed by atoms with Crippen molar-refractivity contribution in [1.29, 1.82) is 0 Å². The van der Waals surface area contributed by atoms with Gasteiger partial charge < -0.3 is 21.1 Å². The Labute approximate surface area is 175 Å². The number of carbonyl (C=O) groups excluding carboxylic acids is 1.